The molecule has 27 heavy (non-hydrogen) atoms. The zero-order chi connectivity index (χ0) is 18.9. The molecule has 4 rings (SSSR count). The fourth-order valence-corrected chi connectivity index (χ4v) is 7.78. The maximum atomic E-state index is 13.0. The smallest absolute Gasteiger partial charge is 0.216 e. The van der Waals surface area contributed by atoms with Crippen molar-refractivity contribution in [3.05, 3.63) is 72.8 Å². The highest BCUT2D eigenvalue weighted by molar-refractivity contribution is 8.00. The van der Waals surface area contributed by atoms with Gasteiger partial charge in [-0.3, -0.25) is 0 Å². The Morgan fingerprint density at radius 3 is 1.89 bits per heavy atom. The highest BCUT2D eigenvalue weighted by atomic mass is 32.2. The van der Waals surface area contributed by atoms with Crippen LogP contribution in [0.3, 0.4) is 0 Å². The van der Waals surface area contributed by atoms with Gasteiger partial charge >= 0.3 is 0 Å². The minimum Gasteiger partial charge on any atom is -0.491 e. The normalized spacial score (nSPS) is 15.0. The topological polar surface area (TPSA) is 52.6 Å². The molecule has 0 aliphatic carbocycles. The Morgan fingerprint density at radius 1 is 0.778 bits per heavy atom. The summed E-state index contributed by atoms with van der Waals surface area (Å²) in [5, 5.41) is 0. The maximum absolute atomic E-state index is 13.0. The number of rotatable bonds is 5. The Labute approximate surface area is 162 Å². The number of hydrogen-bond acceptors (Lipinski definition) is 4. The largest absolute Gasteiger partial charge is 0.491 e. The van der Waals surface area contributed by atoms with Crippen LogP contribution in [-0.2, 0) is 25.5 Å². The van der Waals surface area contributed by atoms with Crippen molar-refractivity contribution in [1.29, 1.82) is 0 Å². The Balaban J connectivity index is 1.80. The first-order chi connectivity index (χ1) is 13.1. The zero-order valence-electron chi connectivity index (χ0n) is 14.8. The van der Waals surface area contributed by atoms with E-state index in [0.29, 0.717) is 23.0 Å². The molecule has 0 aromatic heterocycles. The third-order valence-electron chi connectivity index (χ3n) is 4.33. The second-order valence-corrected chi connectivity index (χ2v) is 9.87. The minimum atomic E-state index is -3.50. The van der Waals surface area contributed by atoms with E-state index in [2.05, 4.69) is 0 Å². The van der Waals surface area contributed by atoms with E-state index in [1.54, 1.807) is 31.4 Å². The van der Waals surface area contributed by atoms with Gasteiger partial charge in [0.05, 0.1) is 6.61 Å². The van der Waals surface area contributed by atoms with Crippen molar-refractivity contribution in [3.63, 3.8) is 0 Å². The molecule has 1 aliphatic heterocycles. The molecule has 0 N–H and O–H groups in total. The van der Waals surface area contributed by atoms with Gasteiger partial charge in [0.2, 0.25) is 9.84 Å². The lowest BCUT2D eigenvalue weighted by molar-refractivity contribution is 0.146. The number of methoxy groups -OCH3 is 1. The number of sulfone groups is 1. The zero-order valence-corrected chi connectivity index (χ0v) is 16.4. The molecular formula is C21H19O4S2+. The molecule has 0 unspecified atom stereocenters. The predicted octanol–water partition coefficient (Wildman–Crippen LogP) is 3.95. The summed E-state index contributed by atoms with van der Waals surface area (Å²) >= 11 is 0. The van der Waals surface area contributed by atoms with Gasteiger partial charge in [0.25, 0.3) is 0 Å². The first-order valence-electron chi connectivity index (χ1n) is 8.52. The summed E-state index contributed by atoms with van der Waals surface area (Å²) in [5.74, 6) is 0.769. The van der Waals surface area contributed by atoms with Gasteiger partial charge < -0.3 is 9.47 Å². The van der Waals surface area contributed by atoms with E-state index in [1.807, 2.05) is 48.5 Å². The van der Waals surface area contributed by atoms with Gasteiger partial charge in [-0.05, 0) is 48.5 Å². The van der Waals surface area contributed by atoms with E-state index >= 15 is 0 Å². The summed E-state index contributed by atoms with van der Waals surface area (Å²) in [6.45, 7) is 1.02. The lowest BCUT2D eigenvalue weighted by Crippen LogP contribution is -2.20. The van der Waals surface area contributed by atoms with Gasteiger partial charge in [-0.15, -0.1) is 0 Å². The summed E-state index contributed by atoms with van der Waals surface area (Å²) in [7, 11) is -2.34. The van der Waals surface area contributed by atoms with Gasteiger partial charge in [0, 0.05) is 7.11 Å². The van der Waals surface area contributed by atoms with Crippen molar-refractivity contribution in [2.24, 2.45) is 0 Å². The lowest BCUT2D eigenvalue weighted by atomic mass is 10.3. The van der Waals surface area contributed by atoms with Gasteiger partial charge in [0.15, 0.2) is 14.7 Å². The van der Waals surface area contributed by atoms with Crippen molar-refractivity contribution < 1.29 is 17.9 Å². The van der Waals surface area contributed by atoms with Gasteiger partial charge in [-0.2, -0.15) is 0 Å². The first-order valence-corrected chi connectivity index (χ1v) is 11.2. The van der Waals surface area contributed by atoms with E-state index in [1.165, 1.54) is 0 Å². The first kappa shape index (κ1) is 18.1. The molecule has 0 amide bonds. The third kappa shape index (κ3) is 3.25. The monoisotopic (exact) mass is 399 g/mol. The Hall–Kier alpha value is -2.28. The van der Waals surface area contributed by atoms with Crippen molar-refractivity contribution in [2.75, 3.05) is 20.3 Å². The predicted molar refractivity (Wildman–Crippen MR) is 104 cm³/mol. The molecule has 3 aromatic rings. The number of hydrogen-bond donors (Lipinski definition) is 0. The Morgan fingerprint density at radius 2 is 1.33 bits per heavy atom. The maximum Gasteiger partial charge on any atom is 0.216 e. The highest BCUT2D eigenvalue weighted by Crippen LogP contribution is 2.44. The summed E-state index contributed by atoms with van der Waals surface area (Å²) in [5.41, 5.74) is 0. The molecule has 0 saturated heterocycles. The van der Waals surface area contributed by atoms with Crippen molar-refractivity contribution in [2.45, 2.75) is 24.5 Å². The van der Waals surface area contributed by atoms with Crippen molar-refractivity contribution >= 4 is 20.7 Å². The van der Waals surface area contributed by atoms with Crippen LogP contribution in [0.4, 0.5) is 0 Å². The lowest BCUT2D eigenvalue weighted by Gasteiger charge is -2.19. The van der Waals surface area contributed by atoms with Crippen LogP contribution in [0.25, 0.3) is 0 Å². The summed E-state index contributed by atoms with van der Waals surface area (Å²) in [6, 6.07) is 22.4. The van der Waals surface area contributed by atoms with E-state index < -0.39 is 20.7 Å². The molecule has 1 aliphatic rings. The van der Waals surface area contributed by atoms with E-state index in [9.17, 15) is 8.42 Å². The van der Waals surface area contributed by atoms with Crippen LogP contribution in [0.1, 0.15) is 0 Å². The van der Waals surface area contributed by atoms with E-state index in [4.69, 9.17) is 9.47 Å². The van der Waals surface area contributed by atoms with Crippen molar-refractivity contribution in [1.82, 2.24) is 0 Å². The fourth-order valence-electron chi connectivity index (χ4n) is 3.09. The molecule has 1 heterocycles. The van der Waals surface area contributed by atoms with Crippen molar-refractivity contribution in [3.8, 4) is 5.75 Å². The van der Waals surface area contributed by atoms with Gasteiger partial charge in [-0.1, -0.05) is 24.3 Å². The molecule has 0 radical (unpaired) electrons. The van der Waals surface area contributed by atoms with Crippen LogP contribution < -0.4 is 4.74 Å². The van der Waals surface area contributed by atoms with E-state index in [0.717, 1.165) is 20.4 Å². The molecule has 138 valence electrons. The molecule has 0 fully saturated rings. The molecular weight excluding hydrogens is 380 g/mol. The number of fused-ring (bicyclic) bond motifs is 2. The summed E-state index contributed by atoms with van der Waals surface area (Å²) in [6.07, 6.45) is 0. The van der Waals surface area contributed by atoms with E-state index in [-0.39, 0.29) is 0 Å². The quantitative estimate of drug-likeness (QED) is 0.377. The third-order valence-corrected chi connectivity index (χ3v) is 8.80. The molecule has 6 heteroatoms. The molecule has 3 aromatic carbocycles. The second kappa shape index (κ2) is 7.38. The Bertz CT molecular complexity index is 1010. The molecule has 0 atom stereocenters. The van der Waals surface area contributed by atoms with Crippen LogP contribution in [0, 0.1) is 0 Å². The standard InChI is InChI=1S/C21H19O4S2/c1-24-14-15-25-16-10-12-17(13-11-16)26-18-6-2-4-8-20(18)27(22,23)21-9-5-3-7-19(21)26/h2-13H,14-15H2,1H3/q+1. The summed E-state index contributed by atoms with van der Waals surface area (Å²) < 4.78 is 36.7. The summed E-state index contributed by atoms with van der Waals surface area (Å²) in [4.78, 5) is 3.53. The number of ether oxygens (including phenoxy) is 2. The fraction of sp³-hybridized carbons (Fsp3) is 0.143. The molecule has 4 nitrogen and oxygen atoms in total. The minimum absolute atomic E-state index is 0.396. The molecule has 0 spiro atoms. The second-order valence-electron chi connectivity index (χ2n) is 6.02. The number of benzene rings is 3. The average molecular weight is 400 g/mol. The van der Waals surface area contributed by atoms with Crippen LogP contribution in [0.15, 0.2) is 97.3 Å². The SMILES string of the molecule is COCCOc1ccc([S+]2c3ccccc3S(=O)(=O)c3ccccc32)cc1. The average Bonchev–Trinajstić information content (AvgIpc) is 2.70. The van der Waals surface area contributed by atoms with Crippen LogP contribution in [0.2, 0.25) is 0 Å². The molecule has 0 bridgehead atoms. The highest BCUT2D eigenvalue weighted by Gasteiger charge is 2.44. The van der Waals surface area contributed by atoms with Crippen LogP contribution >= 0.6 is 0 Å². The molecule has 0 saturated carbocycles. The van der Waals surface area contributed by atoms with Gasteiger partial charge in [0.1, 0.15) is 33.0 Å². The van der Waals surface area contributed by atoms with Crippen LogP contribution in [0.5, 0.6) is 5.75 Å². The Kier molecular flexibility index (Phi) is 4.95. The van der Waals surface area contributed by atoms with Gasteiger partial charge in [-0.25, -0.2) is 8.42 Å². The van der Waals surface area contributed by atoms with Crippen LogP contribution in [-0.4, -0.2) is 28.7 Å².